The molecule has 0 unspecified atom stereocenters. The predicted octanol–water partition coefficient (Wildman–Crippen LogP) is 3.68. The second-order valence-corrected chi connectivity index (χ2v) is 5.06. The largest absolute Gasteiger partial charge is 0.496 e. The van der Waals surface area contributed by atoms with Gasteiger partial charge in [0.15, 0.2) is 5.75 Å². The van der Waals surface area contributed by atoms with Gasteiger partial charge in [-0.15, -0.1) is 0 Å². The fourth-order valence-electron chi connectivity index (χ4n) is 2.05. The van der Waals surface area contributed by atoms with Crippen LogP contribution >= 0.6 is 0 Å². The fraction of sp³-hybridized carbons (Fsp3) is 0.294. The van der Waals surface area contributed by atoms with E-state index < -0.39 is 4.92 Å². The molecule has 2 rings (SSSR count). The number of nitro benzene ring substituents is 1. The van der Waals surface area contributed by atoms with E-state index in [1.54, 1.807) is 6.07 Å². The molecule has 6 nitrogen and oxygen atoms in total. The minimum atomic E-state index is -0.497. The summed E-state index contributed by atoms with van der Waals surface area (Å²) in [6, 6.07) is 10.4. The van der Waals surface area contributed by atoms with Crippen LogP contribution in [-0.4, -0.2) is 25.2 Å². The lowest BCUT2D eigenvalue weighted by Crippen LogP contribution is -2.10. The predicted molar refractivity (Wildman–Crippen MR) is 86.6 cm³/mol. The summed E-state index contributed by atoms with van der Waals surface area (Å²) in [6.45, 7) is 4.46. The number of benzene rings is 2. The molecule has 0 saturated carbocycles. The van der Waals surface area contributed by atoms with Crippen LogP contribution in [0.4, 0.5) is 5.69 Å². The summed E-state index contributed by atoms with van der Waals surface area (Å²) in [6.07, 6.45) is 0. The second-order valence-electron chi connectivity index (χ2n) is 5.06. The molecule has 0 aromatic heterocycles. The molecule has 0 fully saturated rings. The Hall–Kier alpha value is -2.76. The monoisotopic (exact) mass is 317 g/mol. The maximum Gasteiger partial charge on any atom is 0.314 e. The third-order valence-electron chi connectivity index (χ3n) is 3.30. The lowest BCUT2D eigenvalue weighted by Gasteiger charge is -2.11. The maximum absolute atomic E-state index is 11.1. The lowest BCUT2D eigenvalue weighted by molar-refractivity contribution is -0.385. The van der Waals surface area contributed by atoms with Gasteiger partial charge in [0.1, 0.15) is 24.7 Å². The summed E-state index contributed by atoms with van der Waals surface area (Å²) in [5, 5.41) is 11.1. The van der Waals surface area contributed by atoms with E-state index in [1.165, 1.54) is 19.2 Å². The van der Waals surface area contributed by atoms with Gasteiger partial charge in [-0.3, -0.25) is 10.1 Å². The van der Waals surface area contributed by atoms with Gasteiger partial charge in [-0.1, -0.05) is 12.1 Å². The van der Waals surface area contributed by atoms with E-state index in [9.17, 15) is 10.1 Å². The highest BCUT2D eigenvalue weighted by Crippen LogP contribution is 2.31. The van der Waals surface area contributed by atoms with Crippen LogP contribution in [0.3, 0.4) is 0 Å². The number of rotatable bonds is 7. The first-order chi connectivity index (χ1) is 11.0. The first kappa shape index (κ1) is 16.6. The van der Waals surface area contributed by atoms with Gasteiger partial charge in [-0.2, -0.15) is 0 Å². The summed E-state index contributed by atoms with van der Waals surface area (Å²) < 4.78 is 16.1. The Balaban J connectivity index is 1.96. The highest BCUT2D eigenvalue weighted by Gasteiger charge is 2.16. The SMILES string of the molecule is COc1ccc(OCCOc2cc(C)ccc2C)c([N+](=O)[O-])c1. The highest BCUT2D eigenvalue weighted by atomic mass is 16.6. The number of nitrogens with zero attached hydrogens (tertiary/aromatic N) is 1. The van der Waals surface area contributed by atoms with Crippen molar-refractivity contribution in [2.75, 3.05) is 20.3 Å². The van der Waals surface area contributed by atoms with Gasteiger partial charge in [0.05, 0.1) is 18.1 Å². The van der Waals surface area contributed by atoms with Crippen LogP contribution < -0.4 is 14.2 Å². The number of hydrogen-bond donors (Lipinski definition) is 0. The molecule has 0 atom stereocenters. The van der Waals surface area contributed by atoms with Crippen molar-refractivity contribution in [1.82, 2.24) is 0 Å². The Morgan fingerprint density at radius 3 is 2.35 bits per heavy atom. The smallest absolute Gasteiger partial charge is 0.314 e. The third-order valence-corrected chi connectivity index (χ3v) is 3.30. The van der Waals surface area contributed by atoms with Crippen molar-refractivity contribution >= 4 is 5.69 Å². The van der Waals surface area contributed by atoms with Gasteiger partial charge in [0, 0.05) is 0 Å². The summed E-state index contributed by atoms with van der Waals surface area (Å²) in [7, 11) is 1.46. The van der Waals surface area contributed by atoms with Crippen LogP contribution in [0.5, 0.6) is 17.2 Å². The van der Waals surface area contributed by atoms with Gasteiger partial charge < -0.3 is 14.2 Å². The minimum absolute atomic E-state index is 0.129. The Morgan fingerprint density at radius 1 is 1.00 bits per heavy atom. The lowest BCUT2D eigenvalue weighted by atomic mass is 10.1. The van der Waals surface area contributed by atoms with E-state index in [-0.39, 0.29) is 18.0 Å². The van der Waals surface area contributed by atoms with Crippen molar-refractivity contribution < 1.29 is 19.1 Å². The summed E-state index contributed by atoms with van der Waals surface area (Å²) >= 11 is 0. The van der Waals surface area contributed by atoms with Crippen molar-refractivity contribution in [3.05, 3.63) is 57.6 Å². The molecule has 23 heavy (non-hydrogen) atoms. The molecule has 0 spiro atoms. The molecule has 6 heteroatoms. The highest BCUT2D eigenvalue weighted by molar-refractivity contribution is 5.50. The van der Waals surface area contributed by atoms with Gasteiger partial charge in [0.2, 0.25) is 0 Å². The van der Waals surface area contributed by atoms with Gasteiger partial charge >= 0.3 is 5.69 Å². The molecule has 2 aromatic carbocycles. The maximum atomic E-state index is 11.1. The normalized spacial score (nSPS) is 10.2. The number of aryl methyl sites for hydroxylation is 2. The Morgan fingerprint density at radius 2 is 1.70 bits per heavy atom. The molecule has 0 saturated heterocycles. The molecule has 0 amide bonds. The van der Waals surface area contributed by atoms with Crippen LogP contribution in [0, 0.1) is 24.0 Å². The molecule has 122 valence electrons. The van der Waals surface area contributed by atoms with Crippen molar-refractivity contribution in [2.45, 2.75) is 13.8 Å². The molecule has 0 aliphatic carbocycles. The third kappa shape index (κ3) is 4.35. The zero-order valence-corrected chi connectivity index (χ0v) is 13.4. The molecular weight excluding hydrogens is 298 g/mol. The molecule has 2 aromatic rings. The van der Waals surface area contributed by atoms with Crippen molar-refractivity contribution in [2.24, 2.45) is 0 Å². The van der Waals surface area contributed by atoms with E-state index in [0.717, 1.165) is 16.9 Å². The zero-order valence-electron chi connectivity index (χ0n) is 13.4. The van der Waals surface area contributed by atoms with Crippen molar-refractivity contribution in [1.29, 1.82) is 0 Å². The Kier molecular flexibility index (Phi) is 5.41. The first-order valence-electron chi connectivity index (χ1n) is 7.16. The summed E-state index contributed by atoms with van der Waals surface area (Å²) in [4.78, 5) is 10.6. The molecule has 0 aliphatic heterocycles. The van der Waals surface area contributed by atoms with Crippen LogP contribution in [0.25, 0.3) is 0 Å². The molecular formula is C17H19NO5. The fourth-order valence-corrected chi connectivity index (χ4v) is 2.05. The topological polar surface area (TPSA) is 70.8 Å². The van der Waals surface area contributed by atoms with E-state index >= 15 is 0 Å². The van der Waals surface area contributed by atoms with Crippen LogP contribution in [-0.2, 0) is 0 Å². The van der Waals surface area contributed by atoms with Crippen LogP contribution in [0.15, 0.2) is 36.4 Å². The Bertz CT molecular complexity index is 699. The van der Waals surface area contributed by atoms with Gasteiger partial charge in [-0.25, -0.2) is 0 Å². The quantitative estimate of drug-likeness (QED) is 0.442. The molecule has 0 aliphatic rings. The number of hydrogen-bond acceptors (Lipinski definition) is 5. The van der Waals surface area contributed by atoms with E-state index in [0.29, 0.717) is 12.4 Å². The van der Waals surface area contributed by atoms with Gasteiger partial charge in [-0.05, 0) is 43.2 Å². The van der Waals surface area contributed by atoms with Crippen molar-refractivity contribution in [3.63, 3.8) is 0 Å². The number of nitro groups is 1. The summed E-state index contributed by atoms with van der Waals surface area (Å²) in [5.74, 6) is 1.40. The molecule has 0 bridgehead atoms. The number of ether oxygens (including phenoxy) is 3. The molecule has 0 N–H and O–H groups in total. The van der Waals surface area contributed by atoms with Crippen LogP contribution in [0.2, 0.25) is 0 Å². The van der Waals surface area contributed by atoms with E-state index in [2.05, 4.69) is 0 Å². The summed E-state index contributed by atoms with van der Waals surface area (Å²) in [5.41, 5.74) is 2.01. The average Bonchev–Trinajstić information content (AvgIpc) is 2.54. The average molecular weight is 317 g/mol. The minimum Gasteiger partial charge on any atom is -0.496 e. The van der Waals surface area contributed by atoms with E-state index in [1.807, 2.05) is 32.0 Å². The standard InChI is InChI=1S/C17H19NO5/c1-12-4-5-13(2)17(10-12)23-9-8-22-16-7-6-14(21-3)11-15(16)18(19)20/h4-7,10-11H,8-9H2,1-3H3. The molecule has 0 radical (unpaired) electrons. The van der Waals surface area contributed by atoms with Gasteiger partial charge in [0.25, 0.3) is 0 Å². The van der Waals surface area contributed by atoms with E-state index in [4.69, 9.17) is 14.2 Å². The second kappa shape index (κ2) is 7.49. The number of methoxy groups -OCH3 is 1. The van der Waals surface area contributed by atoms with Crippen LogP contribution in [0.1, 0.15) is 11.1 Å². The van der Waals surface area contributed by atoms with Crippen molar-refractivity contribution in [3.8, 4) is 17.2 Å². The Labute approximate surface area is 134 Å². The first-order valence-corrected chi connectivity index (χ1v) is 7.16. The molecule has 0 heterocycles. The zero-order chi connectivity index (χ0) is 16.8.